The zero-order chi connectivity index (χ0) is 28.2. The highest BCUT2D eigenvalue weighted by Gasteiger charge is 2.32. The second kappa shape index (κ2) is 15.8. The summed E-state index contributed by atoms with van der Waals surface area (Å²) in [5.74, 6) is 1.16. The topological polar surface area (TPSA) is 91.6 Å². The van der Waals surface area contributed by atoms with Gasteiger partial charge in [-0.05, 0) is 67.7 Å². The highest BCUT2D eigenvalue weighted by atomic mass is 16.5. The van der Waals surface area contributed by atoms with Crippen LogP contribution in [0.3, 0.4) is 0 Å². The Morgan fingerprint density at radius 3 is 2.69 bits per heavy atom. The summed E-state index contributed by atoms with van der Waals surface area (Å²) in [5, 5.41) is 20.6. The van der Waals surface area contributed by atoms with Crippen molar-refractivity contribution < 1.29 is 24.5 Å². The third-order valence-electron chi connectivity index (χ3n) is 7.45. The van der Waals surface area contributed by atoms with Crippen LogP contribution in [-0.4, -0.2) is 59.7 Å². The summed E-state index contributed by atoms with van der Waals surface area (Å²) in [5.41, 5.74) is 5.83. The van der Waals surface area contributed by atoms with Crippen molar-refractivity contribution in [3.8, 4) is 11.5 Å². The molecule has 1 atom stereocenters. The molecule has 0 unspecified atom stereocenters. The number of nitrogens with zero attached hydrogens (tertiary/aromatic N) is 2. The van der Waals surface area contributed by atoms with Crippen LogP contribution in [0.1, 0.15) is 90.5 Å². The van der Waals surface area contributed by atoms with E-state index in [1.165, 1.54) is 16.8 Å². The number of phenols is 1. The minimum absolute atomic E-state index is 0.0645. The number of aliphatic hydroxyl groups excluding tert-OH is 1. The van der Waals surface area contributed by atoms with E-state index in [2.05, 4.69) is 25.7 Å². The molecule has 1 aromatic carbocycles. The van der Waals surface area contributed by atoms with Crippen LogP contribution in [0.2, 0.25) is 0 Å². The molecule has 0 saturated carbocycles. The Labute approximate surface area is 234 Å². The number of unbranched alkanes of at least 4 members (excludes halogenated alkanes) is 2. The van der Waals surface area contributed by atoms with E-state index in [0.717, 1.165) is 62.8 Å². The fourth-order valence-corrected chi connectivity index (χ4v) is 5.16. The van der Waals surface area contributed by atoms with Gasteiger partial charge in [0.2, 0.25) is 0 Å². The van der Waals surface area contributed by atoms with Gasteiger partial charge in [-0.15, -0.1) is 0 Å². The molecular formula is C32H48N2O5. The lowest BCUT2D eigenvalue weighted by Gasteiger charge is -2.24. The molecule has 0 aliphatic carbocycles. The van der Waals surface area contributed by atoms with Crippen LogP contribution in [0, 0.1) is 5.92 Å². The Kier molecular flexibility index (Phi) is 12.5. The summed E-state index contributed by atoms with van der Waals surface area (Å²) in [6, 6.07) is 5.29. The number of Topliss-reactive ketones (excluding diaryl/α,β-unsaturated/α-hetero) is 1. The molecule has 216 valence electrons. The van der Waals surface area contributed by atoms with E-state index in [1.807, 2.05) is 18.3 Å². The number of hydrogen-bond donors (Lipinski definition) is 2. The van der Waals surface area contributed by atoms with Crippen LogP contribution in [0.5, 0.6) is 11.5 Å². The quantitative estimate of drug-likeness (QED) is 0.199. The van der Waals surface area contributed by atoms with Crippen molar-refractivity contribution in [1.29, 1.82) is 0 Å². The molecule has 0 aromatic heterocycles. The van der Waals surface area contributed by atoms with Gasteiger partial charge >= 0.3 is 0 Å². The highest BCUT2D eigenvalue weighted by molar-refractivity contribution is 6.10. The van der Waals surface area contributed by atoms with Crippen molar-refractivity contribution in [3.63, 3.8) is 0 Å². The van der Waals surface area contributed by atoms with Gasteiger partial charge in [0.15, 0.2) is 18.2 Å². The molecule has 0 saturated heterocycles. The van der Waals surface area contributed by atoms with Gasteiger partial charge < -0.3 is 24.6 Å². The number of carbonyl (C=O) groups is 1. The smallest absolute Gasteiger partial charge is 0.163 e. The van der Waals surface area contributed by atoms with E-state index in [9.17, 15) is 15.0 Å². The molecule has 2 N–H and O–H groups in total. The summed E-state index contributed by atoms with van der Waals surface area (Å²) in [4.78, 5) is 19.3. The van der Waals surface area contributed by atoms with Crippen LogP contribution in [0.4, 0.5) is 0 Å². The number of rotatable bonds is 19. The van der Waals surface area contributed by atoms with Gasteiger partial charge in [0.05, 0.1) is 18.4 Å². The predicted octanol–water partition coefficient (Wildman–Crippen LogP) is 6.33. The number of hydrogen-bond acceptors (Lipinski definition) is 7. The number of phenolic OH excluding ortho intramolecular Hbond substituents is 1. The average molecular weight is 541 g/mol. The largest absolute Gasteiger partial charge is 0.504 e. The minimum atomic E-state index is -0.554. The van der Waals surface area contributed by atoms with E-state index in [0.29, 0.717) is 44.2 Å². The second-order valence-corrected chi connectivity index (χ2v) is 11.2. The van der Waals surface area contributed by atoms with Gasteiger partial charge in [-0.2, -0.15) is 0 Å². The molecule has 0 amide bonds. The molecule has 0 bridgehead atoms. The third kappa shape index (κ3) is 9.50. The van der Waals surface area contributed by atoms with Crippen molar-refractivity contribution in [2.24, 2.45) is 10.9 Å². The van der Waals surface area contributed by atoms with Gasteiger partial charge in [-0.25, -0.2) is 0 Å². The number of aliphatic hydroxyl groups is 1. The van der Waals surface area contributed by atoms with Gasteiger partial charge in [0, 0.05) is 44.0 Å². The molecule has 3 rings (SSSR count). The summed E-state index contributed by atoms with van der Waals surface area (Å²) in [6.07, 6.45) is 10.3. The average Bonchev–Trinajstić information content (AvgIpc) is 3.45. The molecule has 39 heavy (non-hydrogen) atoms. The molecule has 2 heterocycles. The van der Waals surface area contributed by atoms with Crippen molar-refractivity contribution in [2.45, 2.75) is 97.5 Å². The van der Waals surface area contributed by atoms with Crippen LogP contribution in [-0.2, 0) is 16.0 Å². The van der Waals surface area contributed by atoms with Crippen LogP contribution in [0.25, 0.3) is 0 Å². The number of aromatic hydroxyl groups is 1. The van der Waals surface area contributed by atoms with Gasteiger partial charge in [0.25, 0.3) is 0 Å². The first-order chi connectivity index (χ1) is 18.8. The number of ketones is 1. The van der Waals surface area contributed by atoms with E-state index >= 15 is 0 Å². The molecule has 0 radical (unpaired) electrons. The van der Waals surface area contributed by atoms with Crippen LogP contribution < -0.4 is 4.74 Å². The zero-order valence-corrected chi connectivity index (χ0v) is 24.4. The molecule has 0 fully saturated rings. The normalized spacial score (nSPS) is 15.6. The monoisotopic (exact) mass is 540 g/mol. The second-order valence-electron chi connectivity index (χ2n) is 11.2. The maximum Gasteiger partial charge on any atom is 0.163 e. The molecule has 7 heteroatoms. The van der Waals surface area contributed by atoms with E-state index < -0.39 is 6.10 Å². The molecule has 0 spiro atoms. The van der Waals surface area contributed by atoms with Gasteiger partial charge in [-0.3, -0.25) is 9.79 Å². The highest BCUT2D eigenvalue weighted by Crippen LogP contribution is 2.37. The summed E-state index contributed by atoms with van der Waals surface area (Å²) in [6.45, 7) is 8.35. The fraction of sp³-hybridized carbons (Fsp3) is 0.625. The maximum absolute atomic E-state index is 12.4. The lowest BCUT2D eigenvalue weighted by atomic mass is 9.97. The fourth-order valence-electron chi connectivity index (χ4n) is 5.16. The van der Waals surface area contributed by atoms with Crippen molar-refractivity contribution in [1.82, 2.24) is 4.90 Å². The predicted molar refractivity (Wildman–Crippen MR) is 156 cm³/mol. The zero-order valence-electron chi connectivity index (χ0n) is 24.4. The van der Waals surface area contributed by atoms with Gasteiger partial charge in [0.1, 0.15) is 5.78 Å². The first kappa shape index (κ1) is 30.9. The Balaban J connectivity index is 1.60. The molecule has 2 aliphatic rings. The summed E-state index contributed by atoms with van der Waals surface area (Å²) >= 11 is 0. The molecular weight excluding hydrogens is 492 g/mol. The Bertz CT molecular complexity index is 1040. The number of fused-ring (bicyclic) bond motifs is 1. The van der Waals surface area contributed by atoms with Crippen molar-refractivity contribution in [2.75, 3.05) is 27.0 Å². The maximum atomic E-state index is 12.4. The summed E-state index contributed by atoms with van der Waals surface area (Å²) in [7, 11) is 1.73. The number of ether oxygens (including phenoxy) is 2. The van der Waals surface area contributed by atoms with E-state index in [4.69, 9.17) is 14.5 Å². The third-order valence-corrected chi connectivity index (χ3v) is 7.45. The Morgan fingerprint density at radius 1 is 1.13 bits per heavy atom. The van der Waals surface area contributed by atoms with Crippen molar-refractivity contribution >= 4 is 11.5 Å². The van der Waals surface area contributed by atoms with Crippen LogP contribution >= 0.6 is 0 Å². The SMILES string of the molecule is CCCCC[C@@H](O)CC(=O)CCc1ccc(O)c(OCN2CC3=NC=C(CCCOC)C3=C2CCC(C)C)c1. The number of aryl methyl sites for hydroxylation is 1. The lowest BCUT2D eigenvalue weighted by Crippen LogP contribution is -2.27. The van der Waals surface area contributed by atoms with E-state index in [-0.39, 0.29) is 18.0 Å². The van der Waals surface area contributed by atoms with Gasteiger partial charge in [-0.1, -0.05) is 46.1 Å². The number of benzene rings is 1. The van der Waals surface area contributed by atoms with Crippen molar-refractivity contribution in [3.05, 3.63) is 46.8 Å². The first-order valence-electron chi connectivity index (χ1n) is 14.7. The Hall–Kier alpha value is -2.64. The standard InChI is InChI=1S/C32H48N2O5/c1-5-6-7-10-26(35)19-27(36)14-12-24-13-16-30(37)31(18-24)39-22-34-21-28-32(29(34)15-11-23(2)3)25(20-33-28)9-8-17-38-4/h13,16,18,20,23,26,35,37H,5-12,14-15,17,19,21-22H2,1-4H3/t26-/m1/s1. The van der Waals surface area contributed by atoms with Crippen LogP contribution in [0.15, 0.2) is 46.2 Å². The number of aliphatic imine (C=N–C) groups is 1. The number of methoxy groups -OCH3 is 1. The molecule has 7 nitrogen and oxygen atoms in total. The summed E-state index contributed by atoms with van der Waals surface area (Å²) < 4.78 is 11.4. The first-order valence-corrected chi connectivity index (χ1v) is 14.7. The Morgan fingerprint density at radius 2 is 1.95 bits per heavy atom. The lowest BCUT2D eigenvalue weighted by molar-refractivity contribution is -0.121. The molecule has 2 aliphatic heterocycles. The number of allylic oxidation sites excluding steroid dienone is 2. The van der Waals surface area contributed by atoms with E-state index in [1.54, 1.807) is 13.2 Å². The molecule has 1 aromatic rings. The minimum Gasteiger partial charge on any atom is -0.504 e. The number of carbonyl (C=O) groups excluding carboxylic acids is 1.